The molecule has 3 fully saturated rings. The molecule has 0 bridgehead atoms. The standard InChI is InChI=1S/C33H49FN4O5.C3H8/c34-27-6-4-7-28(26-27)37-15-5-8-31-32(37)10-16-38(31)33-29(30(9-12-35-33)36-13-2-1-3-14-36)11-18-40-20-22-42-24-25-43-23-21-41-19-17-39;1-3-2/h4,6-7,9,12,26,31-32,39H,1-3,5,8,10-11,13-25H2;3H2,1-2H3. The number of aliphatic hydroxyl groups excluding tert-OH is 1. The smallest absolute Gasteiger partial charge is 0.134 e. The predicted octanol–water partition coefficient (Wildman–Crippen LogP) is 5.48. The molecule has 2 atom stereocenters. The molecule has 3 aliphatic heterocycles. The fourth-order valence-electron chi connectivity index (χ4n) is 6.81. The van der Waals surface area contributed by atoms with E-state index in [0.29, 0.717) is 64.9 Å². The number of nitrogens with zero attached hydrogens (tertiary/aromatic N) is 4. The maximum absolute atomic E-state index is 14.1. The summed E-state index contributed by atoms with van der Waals surface area (Å²) in [5.74, 6) is 0.920. The summed E-state index contributed by atoms with van der Waals surface area (Å²) < 4.78 is 36.5. The van der Waals surface area contributed by atoms with E-state index in [-0.39, 0.29) is 12.4 Å². The number of rotatable bonds is 17. The topological polar surface area (TPSA) is 79.8 Å². The molecule has 4 heterocycles. The second-order valence-electron chi connectivity index (χ2n) is 12.2. The Kier molecular flexibility index (Phi) is 16.3. The molecule has 5 rings (SSSR count). The van der Waals surface area contributed by atoms with Gasteiger partial charge in [-0.15, -0.1) is 0 Å². The van der Waals surface area contributed by atoms with E-state index in [0.717, 1.165) is 63.4 Å². The molecular weight excluding hydrogens is 587 g/mol. The lowest BCUT2D eigenvalue weighted by Gasteiger charge is -2.42. The largest absolute Gasteiger partial charge is 0.394 e. The van der Waals surface area contributed by atoms with E-state index in [9.17, 15) is 4.39 Å². The molecule has 46 heavy (non-hydrogen) atoms. The highest BCUT2D eigenvalue weighted by Crippen LogP contribution is 2.39. The number of hydrogen-bond acceptors (Lipinski definition) is 9. The minimum Gasteiger partial charge on any atom is -0.394 e. The lowest BCUT2D eigenvalue weighted by atomic mass is 9.95. The van der Waals surface area contributed by atoms with E-state index >= 15 is 0 Å². The quantitative estimate of drug-likeness (QED) is 0.226. The first-order valence-electron chi connectivity index (χ1n) is 17.6. The SMILES string of the molecule is CCC.OCCOCCOCCOCCOCCc1c(N2CCCCC2)ccnc1N1CCC2C1CCCN2c1cccc(F)c1. The number of piperidine rings is 2. The van der Waals surface area contributed by atoms with Crippen molar-refractivity contribution in [2.75, 3.05) is 100 Å². The summed E-state index contributed by atoms with van der Waals surface area (Å²) in [6.45, 7) is 12.4. The van der Waals surface area contributed by atoms with Gasteiger partial charge in [0.25, 0.3) is 0 Å². The Hall–Kier alpha value is -2.50. The summed E-state index contributed by atoms with van der Waals surface area (Å²) in [6.07, 6.45) is 11.0. The van der Waals surface area contributed by atoms with Crippen molar-refractivity contribution >= 4 is 17.2 Å². The van der Waals surface area contributed by atoms with Gasteiger partial charge in [-0.1, -0.05) is 26.3 Å². The van der Waals surface area contributed by atoms with E-state index in [1.54, 1.807) is 6.07 Å². The van der Waals surface area contributed by atoms with E-state index in [4.69, 9.17) is 29.0 Å². The van der Waals surface area contributed by atoms with Crippen molar-refractivity contribution in [1.82, 2.24) is 4.98 Å². The molecule has 0 saturated carbocycles. The van der Waals surface area contributed by atoms with Crippen LogP contribution in [0.4, 0.5) is 21.6 Å². The summed E-state index contributed by atoms with van der Waals surface area (Å²) in [4.78, 5) is 12.5. The van der Waals surface area contributed by atoms with Gasteiger partial charge >= 0.3 is 0 Å². The molecule has 0 radical (unpaired) electrons. The Morgan fingerprint density at radius 1 is 0.761 bits per heavy atom. The zero-order valence-electron chi connectivity index (χ0n) is 28.2. The van der Waals surface area contributed by atoms with Crippen molar-refractivity contribution in [2.24, 2.45) is 0 Å². The normalized spacial score (nSPS) is 19.6. The minimum atomic E-state index is -0.174. The highest BCUT2D eigenvalue weighted by molar-refractivity contribution is 5.66. The van der Waals surface area contributed by atoms with Crippen molar-refractivity contribution < 1.29 is 28.4 Å². The van der Waals surface area contributed by atoms with Gasteiger partial charge in [0, 0.05) is 55.7 Å². The van der Waals surface area contributed by atoms with Crippen LogP contribution in [-0.2, 0) is 25.4 Å². The Morgan fingerprint density at radius 3 is 2.09 bits per heavy atom. The second kappa shape index (κ2) is 20.7. The number of halogens is 1. The first-order chi connectivity index (χ1) is 22.7. The molecular formula is C36H57FN4O5. The van der Waals surface area contributed by atoms with Crippen LogP contribution in [0, 0.1) is 5.82 Å². The summed E-state index contributed by atoms with van der Waals surface area (Å²) in [7, 11) is 0. The van der Waals surface area contributed by atoms with Crippen LogP contribution < -0.4 is 14.7 Å². The lowest BCUT2D eigenvalue weighted by molar-refractivity contribution is -0.00522. The van der Waals surface area contributed by atoms with Gasteiger partial charge in [-0.3, -0.25) is 0 Å². The summed E-state index contributed by atoms with van der Waals surface area (Å²) in [5.41, 5.74) is 3.57. The van der Waals surface area contributed by atoms with Gasteiger partial charge in [0.15, 0.2) is 0 Å². The number of aliphatic hydroxyl groups is 1. The van der Waals surface area contributed by atoms with Gasteiger partial charge in [0.2, 0.25) is 0 Å². The van der Waals surface area contributed by atoms with Crippen LogP contribution in [0.2, 0.25) is 0 Å². The van der Waals surface area contributed by atoms with Crippen molar-refractivity contribution in [3.05, 3.63) is 47.9 Å². The molecule has 1 N–H and O–H groups in total. The third kappa shape index (κ3) is 10.8. The number of benzene rings is 1. The Balaban J connectivity index is 0.00000154. The molecule has 2 unspecified atom stereocenters. The maximum atomic E-state index is 14.1. The van der Waals surface area contributed by atoms with Gasteiger partial charge in [0.1, 0.15) is 11.6 Å². The van der Waals surface area contributed by atoms with Crippen LogP contribution in [0.3, 0.4) is 0 Å². The molecule has 3 aliphatic rings. The molecule has 9 nitrogen and oxygen atoms in total. The van der Waals surface area contributed by atoms with Crippen molar-refractivity contribution in [3.8, 4) is 0 Å². The molecule has 0 aliphatic carbocycles. The third-order valence-corrected chi connectivity index (χ3v) is 8.77. The van der Waals surface area contributed by atoms with E-state index in [1.165, 1.54) is 43.0 Å². The van der Waals surface area contributed by atoms with Gasteiger partial charge in [0.05, 0.1) is 71.5 Å². The molecule has 2 aromatic rings. The number of aromatic nitrogens is 1. The second-order valence-corrected chi connectivity index (χ2v) is 12.2. The van der Waals surface area contributed by atoms with Gasteiger partial charge in [-0.2, -0.15) is 0 Å². The molecule has 0 amide bonds. The minimum absolute atomic E-state index is 0.0285. The zero-order valence-corrected chi connectivity index (χ0v) is 28.2. The van der Waals surface area contributed by atoms with Gasteiger partial charge in [-0.05, 0) is 62.8 Å². The Morgan fingerprint density at radius 2 is 1.41 bits per heavy atom. The molecule has 3 saturated heterocycles. The Labute approximate surface area is 276 Å². The van der Waals surface area contributed by atoms with Crippen LogP contribution in [0.15, 0.2) is 36.5 Å². The van der Waals surface area contributed by atoms with Crippen LogP contribution in [0.5, 0.6) is 0 Å². The molecule has 10 heteroatoms. The van der Waals surface area contributed by atoms with Crippen LogP contribution in [-0.4, -0.2) is 108 Å². The van der Waals surface area contributed by atoms with Crippen LogP contribution in [0.1, 0.15) is 64.4 Å². The number of hydrogen-bond donors (Lipinski definition) is 1. The fraction of sp³-hybridized carbons (Fsp3) is 0.694. The van der Waals surface area contributed by atoms with E-state index < -0.39 is 0 Å². The molecule has 1 aromatic carbocycles. The average molecular weight is 645 g/mol. The molecule has 0 spiro atoms. The fourth-order valence-corrected chi connectivity index (χ4v) is 6.81. The summed E-state index contributed by atoms with van der Waals surface area (Å²) in [5, 5.41) is 8.71. The highest BCUT2D eigenvalue weighted by atomic mass is 19.1. The zero-order chi connectivity index (χ0) is 32.4. The van der Waals surface area contributed by atoms with Crippen molar-refractivity contribution in [1.29, 1.82) is 0 Å². The first kappa shape index (κ1) is 36.3. The van der Waals surface area contributed by atoms with E-state index in [2.05, 4.69) is 34.6 Å². The third-order valence-electron chi connectivity index (χ3n) is 8.77. The monoisotopic (exact) mass is 644 g/mol. The van der Waals surface area contributed by atoms with Crippen LogP contribution in [0.25, 0.3) is 0 Å². The van der Waals surface area contributed by atoms with Crippen molar-refractivity contribution in [2.45, 2.75) is 77.3 Å². The van der Waals surface area contributed by atoms with Crippen molar-refractivity contribution in [3.63, 3.8) is 0 Å². The Bertz CT molecular complexity index is 1120. The molecule has 258 valence electrons. The summed E-state index contributed by atoms with van der Waals surface area (Å²) >= 11 is 0. The van der Waals surface area contributed by atoms with Gasteiger partial charge in [-0.25, -0.2) is 9.37 Å². The van der Waals surface area contributed by atoms with Gasteiger partial charge < -0.3 is 38.8 Å². The highest BCUT2D eigenvalue weighted by Gasteiger charge is 2.42. The number of pyridine rings is 1. The number of anilines is 3. The molecule has 1 aromatic heterocycles. The predicted molar refractivity (Wildman–Crippen MR) is 183 cm³/mol. The number of fused-ring (bicyclic) bond motifs is 1. The maximum Gasteiger partial charge on any atom is 0.134 e. The summed E-state index contributed by atoms with van der Waals surface area (Å²) in [6, 6.07) is 9.97. The van der Waals surface area contributed by atoms with Crippen LogP contribution >= 0.6 is 0 Å². The average Bonchev–Trinajstić information content (AvgIpc) is 3.52. The first-order valence-corrected chi connectivity index (χ1v) is 17.6. The lowest BCUT2D eigenvalue weighted by Crippen LogP contribution is -2.50. The van der Waals surface area contributed by atoms with E-state index in [1.807, 2.05) is 18.3 Å². The number of ether oxygens (including phenoxy) is 4.